The zero-order valence-electron chi connectivity index (χ0n) is 10.4. The van der Waals surface area contributed by atoms with Gasteiger partial charge in [0.1, 0.15) is 11.9 Å². The van der Waals surface area contributed by atoms with Crippen LogP contribution < -0.4 is 0 Å². The maximum absolute atomic E-state index is 12.8. The predicted octanol–water partition coefficient (Wildman–Crippen LogP) is 2.66. The lowest BCUT2D eigenvalue weighted by Gasteiger charge is -2.37. The van der Waals surface area contributed by atoms with Gasteiger partial charge in [0.15, 0.2) is 5.76 Å². The highest BCUT2D eigenvalue weighted by atomic mass is 16.6. The van der Waals surface area contributed by atoms with E-state index in [1.807, 2.05) is 6.07 Å². The molecule has 5 heteroatoms. The van der Waals surface area contributed by atoms with Crippen molar-refractivity contribution in [1.29, 1.82) is 0 Å². The Morgan fingerprint density at radius 2 is 1.85 bits per heavy atom. The van der Waals surface area contributed by atoms with E-state index in [9.17, 15) is 20.2 Å². The Balaban J connectivity index is 2.26. The smallest absolute Gasteiger partial charge is 0.392 e. The molecule has 20 heavy (non-hydrogen) atoms. The molecule has 1 aromatic carbocycles. The number of aliphatic hydroxyl groups is 1. The largest absolute Gasteiger partial charge is 0.616 e. The quantitative estimate of drug-likeness (QED) is 0.639. The fourth-order valence-electron chi connectivity index (χ4n) is 2.41. The second-order valence-electron chi connectivity index (χ2n) is 4.55. The molecule has 3 rings (SSSR count). The predicted molar refractivity (Wildman–Crippen MR) is 72.6 cm³/mol. The molecular formula is C15H11NO4. The number of fused-ring (bicyclic) bond motifs is 1. The van der Waals surface area contributed by atoms with Crippen LogP contribution in [0.3, 0.4) is 0 Å². The SMILES string of the molecule is O=C(O)C1=C(c2ccccc2)C=C2C=CC(O)=C[N+]21[O-]. The van der Waals surface area contributed by atoms with E-state index in [0.717, 1.165) is 6.20 Å². The third kappa shape index (κ3) is 1.69. The Labute approximate surface area is 114 Å². The molecule has 5 nitrogen and oxygen atoms in total. The number of benzene rings is 1. The van der Waals surface area contributed by atoms with E-state index >= 15 is 0 Å². The molecule has 0 saturated carbocycles. The number of hydrogen-bond donors (Lipinski definition) is 2. The van der Waals surface area contributed by atoms with Crippen LogP contribution in [0.25, 0.3) is 5.57 Å². The number of carbonyl (C=O) groups is 1. The van der Waals surface area contributed by atoms with Crippen LogP contribution in [-0.4, -0.2) is 20.8 Å². The summed E-state index contributed by atoms with van der Waals surface area (Å²) in [6.45, 7) is 0. The van der Waals surface area contributed by atoms with Gasteiger partial charge in [-0.2, -0.15) is 0 Å². The van der Waals surface area contributed by atoms with Crippen LogP contribution in [0.15, 0.2) is 71.9 Å². The number of carboxylic acids is 1. The van der Waals surface area contributed by atoms with Crippen LogP contribution in [-0.2, 0) is 4.79 Å². The molecule has 0 spiro atoms. The Morgan fingerprint density at radius 3 is 2.50 bits per heavy atom. The van der Waals surface area contributed by atoms with E-state index in [1.165, 1.54) is 12.2 Å². The fourth-order valence-corrected chi connectivity index (χ4v) is 2.41. The number of allylic oxidation sites excluding steroid dienone is 4. The van der Waals surface area contributed by atoms with Gasteiger partial charge >= 0.3 is 5.97 Å². The van der Waals surface area contributed by atoms with Gasteiger partial charge < -0.3 is 15.4 Å². The van der Waals surface area contributed by atoms with Gasteiger partial charge in [0.25, 0.3) is 0 Å². The van der Waals surface area contributed by atoms with Crippen molar-refractivity contribution in [3.8, 4) is 0 Å². The first-order valence-electron chi connectivity index (χ1n) is 5.98. The highest BCUT2D eigenvalue weighted by Crippen LogP contribution is 2.42. The van der Waals surface area contributed by atoms with Crippen LogP contribution in [0.2, 0.25) is 0 Å². The van der Waals surface area contributed by atoms with Gasteiger partial charge in [0, 0.05) is 12.2 Å². The van der Waals surface area contributed by atoms with E-state index in [-0.39, 0.29) is 17.2 Å². The zero-order valence-corrected chi connectivity index (χ0v) is 10.4. The number of aliphatic carboxylic acids is 1. The van der Waals surface area contributed by atoms with Gasteiger partial charge in [0.05, 0.1) is 5.57 Å². The van der Waals surface area contributed by atoms with Crippen LogP contribution in [0.5, 0.6) is 0 Å². The third-order valence-corrected chi connectivity index (χ3v) is 3.29. The topological polar surface area (TPSA) is 80.6 Å². The normalized spacial score (nSPS) is 24.2. The first-order valence-corrected chi connectivity index (χ1v) is 5.98. The zero-order chi connectivity index (χ0) is 14.3. The van der Waals surface area contributed by atoms with Crippen LogP contribution in [0, 0.1) is 5.21 Å². The molecule has 1 atom stereocenters. The van der Waals surface area contributed by atoms with E-state index in [4.69, 9.17) is 0 Å². The van der Waals surface area contributed by atoms with Crippen LogP contribution >= 0.6 is 0 Å². The molecule has 2 aliphatic heterocycles. The lowest BCUT2D eigenvalue weighted by atomic mass is 10.0. The maximum Gasteiger partial charge on any atom is 0.392 e. The molecule has 2 aliphatic rings. The second kappa shape index (κ2) is 4.19. The molecule has 100 valence electrons. The molecule has 0 fully saturated rings. The average molecular weight is 269 g/mol. The van der Waals surface area contributed by atoms with Gasteiger partial charge in [-0.15, -0.1) is 0 Å². The number of hydrogen-bond acceptors (Lipinski definition) is 3. The van der Waals surface area contributed by atoms with E-state index in [2.05, 4.69) is 0 Å². The number of rotatable bonds is 2. The molecular weight excluding hydrogens is 258 g/mol. The van der Waals surface area contributed by atoms with Crippen molar-refractivity contribution in [3.05, 3.63) is 82.7 Å². The third-order valence-electron chi connectivity index (χ3n) is 3.29. The highest BCUT2D eigenvalue weighted by molar-refractivity contribution is 5.99. The summed E-state index contributed by atoms with van der Waals surface area (Å²) < 4.78 is -1.28. The van der Waals surface area contributed by atoms with Crippen LogP contribution in [0.4, 0.5) is 0 Å². The number of aliphatic hydroxyl groups excluding tert-OH is 1. The first kappa shape index (κ1) is 12.4. The molecule has 0 saturated heterocycles. The van der Waals surface area contributed by atoms with Crippen molar-refractivity contribution in [2.45, 2.75) is 0 Å². The Kier molecular flexibility index (Phi) is 2.60. The Morgan fingerprint density at radius 1 is 1.15 bits per heavy atom. The summed E-state index contributed by atoms with van der Waals surface area (Å²) in [6.07, 6.45) is 5.32. The van der Waals surface area contributed by atoms with Crippen molar-refractivity contribution >= 4 is 11.5 Å². The van der Waals surface area contributed by atoms with Gasteiger partial charge in [-0.05, 0) is 11.6 Å². The second-order valence-corrected chi connectivity index (χ2v) is 4.55. The summed E-state index contributed by atoms with van der Waals surface area (Å²) in [5, 5.41) is 31.7. The van der Waals surface area contributed by atoms with Crippen molar-refractivity contribution in [2.75, 3.05) is 0 Å². The Hall–Kier alpha value is -2.63. The summed E-state index contributed by atoms with van der Waals surface area (Å²) in [5.74, 6) is -1.55. The van der Waals surface area contributed by atoms with Crippen molar-refractivity contribution in [1.82, 2.24) is 0 Å². The highest BCUT2D eigenvalue weighted by Gasteiger charge is 2.41. The number of carboxylic acid groups (broad SMARTS) is 1. The number of hydroxylamine groups is 3. The minimum Gasteiger partial charge on any atom is -0.616 e. The summed E-state index contributed by atoms with van der Waals surface area (Å²) >= 11 is 0. The minimum atomic E-state index is -1.30. The van der Waals surface area contributed by atoms with Gasteiger partial charge in [0.2, 0.25) is 5.70 Å². The van der Waals surface area contributed by atoms with Gasteiger partial charge in [-0.3, -0.25) is 4.65 Å². The molecule has 0 amide bonds. The maximum atomic E-state index is 12.8. The lowest BCUT2D eigenvalue weighted by Crippen LogP contribution is -2.36. The molecule has 0 bridgehead atoms. The summed E-state index contributed by atoms with van der Waals surface area (Å²) in [5.41, 5.74) is 0.960. The summed E-state index contributed by atoms with van der Waals surface area (Å²) in [4.78, 5) is 11.5. The number of nitrogens with zero attached hydrogens (tertiary/aromatic N) is 1. The number of quaternary nitrogens is 1. The van der Waals surface area contributed by atoms with Gasteiger partial charge in [-0.25, -0.2) is 4.79 Å². The minimum absolute atomic E-state index is 0.245. The van der Waals surface area contributed by atoms with Gasteiger partial charge in [-0.1, -0.05) is 30.3 Å². The fraction of sp³-hybridized carbons (Fsp3) is 0. The van der Waals surface area contributed by atoms with Crippen molar-refractivity contribution in [3.63, 3.8) is 0 Å². The van der Waals surface area contributed by atoms with E-state index in [1.54, 1.807) is 30.3 Å². The molecule has 0 aliphatic carbocycles. The molecule has 2 N–H and O–H groups in total. The van der Waals surface area contributed by atoms with E-state index in [0.29, 0.717) is 11.1 Å². The lowest BCUT2D eigenvalue weighted by molar-refractivity contribution is -0.737. The molecule has 1 unspecified atom stereocenters. The van der Waals surface area contributed by atoms with E-state index < -0.39 is 10.6 Å². The monoisotopic (exact) mass is 269 g/mol. The Bertz CT molecular complexity index is 713. The molecule has 0 radical (unpaired) electrons. The molecule has 0 aromatic heterocycles. The van der Waals surface area contributed by atoms with Crippen molar-refractivity contribution in [2.24, 2.45) is 0 Å². The molecule has 2 heterocycles. The van der Waals surface area contributed by atoms with Crippen LogP contribution in [0.1, 0.15) is 5.56 Å². The average Bonchev–Trinajstić information content (AvgIpc) is 2.71. The first-order chi connectivity index (χ1) is 9.52. The van der Waals surface area contributed by atoms with Crippen molar-refractivity contribution < 1.29 is 19.7 Å². The molecule has 1 aromatic rings. The summed E-state index contributed by atoms with van der Waals surface area (Å²) in [7, 11) is 0. The summed E-state index contributed by atoms with van der Waals surface area (Å²) in [6, 6.07) is 8.85. The standard InChI is InChI=1S/C15H11NO4/c17-12-7-6-11-8-13(10-4-2-1-3-5-10)14(15(18)19)16(11,20)9-12/h1-9,17H,(H,18,19).